The van der Waals surface area contributed by atoms with Crippen molar-refractivity contribution in [2.45, 2.75) is 6.92 Å². The summed E-state index contributed by atoms with van der Waals surface area (Å²) >= 11 is 0. The molecular formula is C19H15N5O3. The molecule has 8 heteroatoms. The van der Waals surface area contributed by atoms with Crippen molar-refractivity contribution in [3.8, 4) is 5.82 Å². The molecule has 0 atom stereocenters. The molecule has 0 saturated heterocycles. The lowest BCUT2D eigenvalue weighted by molar-refractivity contribution is 0.0831. The minimum absolute atomic E-state index is 0.157. The van der Waals surface area contributed by atoms with E-state index in [1.54, 1.807) is 48.4 Å². The number of carbonyl (C=O) groups is 2. The number of rotatable bonds is 3. The Morgan fingerprint density at radius 3 is 2.59 bits per heavy atom. The fourth-order valence-electron chi connectivity index (χ4n) is 2.70. The average Bonchev–Trinajstić information content (AvgIpc) is 3.35. The van der Waals surface area contributed by atoms with Crippen LogP contribution < -0.4 is 10.9 Å². The van der Waals surface area contributed by atoms with Crippen LogP contribution in [0, 0.1) is 6.92 Å². The number of hydrogen-bond donors (Lipinski definition) is 2. The van der Waals surface area contributed by atoms with Gasteiger partial charge in [-0.2, -0.15) is 0 Å². The van der Waals surface area contributed by atoms with E-state index in [2.05, 4.69) is 20.8 Å². The van der Waals surface area contributed by atoms with Gasteiger partial charge in [-0.25, -0.2) is 9.97 Å². The number of hydrazine groups is 1. The van der Waals surface area contributed by atoms with Gasteiger partial charge in [0.1, 0.15) is 17.7 Å². The van der Waals surface area contributed by atoms with Crippen LogP contribution in [0.3, 0.4) is 0 Å². The summed E-state index contributed by atoms with van der Waals surface area (Å²) in [5.41, 5.74) is 6.37. The van der Waals surface area contributed by atoms with Gasteiger partial charge in [0.05, 0.1) is 5.56 Å². The van der Waals surface area contributed by atoms with Crippen LogP contribution in [0.4, 0.5) is 0 Å². The molecule has 4 rings (SSSR count). The van der Waals surface area contributed by atoms with E-state index in [9.17, 15) is 9.59 Å². The maximum Gasteiger partial charge on any atom is 0.305 e. The molecule has 2 N–H and O–H groups in total. The Balaban J connectivity index is 1.44. The van der Waals surface area contributed by atoms with E-state index < -0.39 is 11.8 Å². The Morgan fingerprint density at radius 1 is 1.07 bits per heavy atom. The number of fused-ring (bicyclic) bond motifs is 1. The van der Waals surface area contributed by atoms with Gasteiger partial charge in [0.25, 0.3) is 5.91 Å². The molecule has 3 heterocycles. The number of aryl methyl sites for hydroxylation is 1. The van der Waals surface area contributed by atoms with Gasteiger partial charge in [-0.15, -0.1) is 0 Å². The summed E-state index contributed by atoms with van der Waals surface area (Å²) in [6, 6.07) is 10.6. The van der Waals surface area contributed by atoms with Gasteiger partial charge in [-0.3, -0.25) is 25.0 Å². The van der Waals surface area contributed by atoms with Crippen LogP contribution in [0.15, 0.2) is 65.7 Å². The molecule has 0 saturated carbocycles. The molecule has 0 radical (unpaired) electrons. The molecule has 8 nitrogen and oxygen atoms in total. The van der Waals surface area contributed by atoms with Crippen molar-refractivity contribution in [3.05, 3.63) is 78.2 Å². The van der Waals surface area contributed by atoms with Crippen molar-refractivity contribution in [1.29, 1.82) is 0 Å². The SMILES string of the molecule is Cc1c(C(=O)NNC(=O)c2ccc(-n3ccnc3)nc2)oc2ccccc12. The molecule has 0 fully saturated rings. The highest BCUT2D eigenvalue weighted by Crippen LogP contribution is 2.24. The minimum atomic E-state index is -0.528. The standard InChI is InChI=1S/C19H15N5O3/c1-12-14-4-2-3-5-15(14)27-17(12)19(26)23-22-18(25)13-6-7-16(21-10-13)24-9-8-20-11-24/h2-11H,1H3,(H,22,25)(H,23,26). The molecule has 1 aromatic carbocycles. The molecule has 0 aliphatic heterocycles. The predicted molar refractivity (Wildman–Crippen MR) is 97.2 cm³/mol. The van der Waals surface area contributed by atoms with Crippen LogP contribution >= 0.6 is 0 Å². The second-order valence-corrected chi connectivity index (χ2v) is 5.84. The molecule has 0 bridgehead atoms. The first-order valence-corrected chi connectivity index (χ1v) is 8.16. The number of carbonyl (C=O) groups excluding carboxylic acids is 2. The van der Waals surface area contributed by atoms with E-state index in [0.29, 0.717) is 22.5 Å². The summed E-state index contributed by atoms with van der Waals surface area (Å²) in [4.78, 5) is 32.7. The molecule has 134 valence electrons. The van der Waals surface area contributed by atoms with E-state index in [-0.39, 0.29) is 5.76 Å². The lowest BCUT2D eigenvalue weighted by Crippen LogP contribution is -2.41. The molecule has 0 aliphatic rings. The maximum atomic E-state index is 12.3. The number of hydrogen-bond acceptors (Lipinski definition) is 5. The summed E-state index contributed by atoms with van der Waals surface area (Å²) in [7, 11) is 0. The average molecular weight is 361 g/mol. The molecule has 0 spiro atoms. The molecule has 0 unspecified atom stereocenters. The highest BCUT2D eigenvalue weighted by molar-refractivity contribution is 6.01. The first-order valence-electron chi connectivity index (χ1n) is 8.16. The second-order valence-electron chi connectivity index (χ2n) is 5.84. The topological polar surface area (TPSA) is 102 Å². The second kappa shape index (κ2) is 6.75. The number of nitrogens with one attached hydrogen (secondary N) is 2. The lowest BCUT2D eigenvalue weighted by atomic mass is 10.1. The van der Waals surface area contributed by atoms with E-state index in [1.807, 2.05) is 18.2 Å². The largest absolute Gasteiger partial charge is 0.451 e. The molecule has 27 heavy (non-hydrogen) atoms. The van der Waals surface area contributed by atoms with E-state index in [1.165, 1.54) is 6.20 Å². The Labute approximate surface area is 153 Å². The zero-order chi connectivity index (χ0) is 18.8. The molecule has 2 amide bonds. The van der Waals surface area contributed by atoms with Crippen LogP contribution in [-0.4, -0.2) is 26.3 Å². The van der Waals surface area contributed by atoms with Crippen LogP contribution in [-0.2, 0) is 0 Å². The van der Waals surface area contributed by atoms with Gasteiger partial charge in [0.2, 0.25) is 0 Å². The van der Waals surface area contributed by atoms with Gasteiger partial charge in [0, 0.05) is 29.5 Å². The number of pyridine rings is 1. The fraction of sp³-hybridized carbons (Fsp3) is 0.0526. The lowest BCUT2D eigenvalue weighted by Gasteiger charge is -2.07. The number of imidazole rings is 1. The fourth-order valence-corrected chi connectivity index (χ4v) is 2.70. The first-order chi connectivity index (χ1) is 13.1. The Morgan fingerprint density at radius 2 is 1.89 bits per heavy atom. The van der Waals surface area contributed by atoms with Crippen LogP contribution in [0.5, 0.6) is 0 Å². The van der Waals surface area contributed by atoms with Crippen molar-refractivity contribution in [3.63, 3.8) is 0 Å². The molecule has 4 aromatic rings. The number of furan rings is 1. The highest BCUT2D eigenvalue weighted by atomic mass is 16.3. The van der Waals surface area contributed by atoms with Crippen LogP contribution in [0.25, 0.3) is 16.8 Å². The Hall–Kier alpha value is -3.94. The third-order valence-corrected chi connectivity index (χ3v) is 4.12. The van der Waals surface area contributed by atoms with Gasteiger partial charge >= 0.3 is 5.91 Å². The monoisotopic (exact) mass is 361 g/mol. The van der Waals surface area contributed by atoms with E-state index in [4.69, 9.17) is 4.42 Å². The van der Waals surface area contributed by atoms with Crippen molar-refractivity contribution in [2.75, 3.05) is 0 Å². The summed E-state index contributed by atoms with van der Waals surface area (Å²) in [5, 5.41) is 0.855. The van der Waals surface area contributed by atoms with Crippen molar-refractivity contribution in [1.82, 2.24) is 25.4 Å². The summed E-state index contributed by atoms with van der Waals surface area (Å²) in [5.74, 6) is -0.224. The quantitative estimate of drug-likeness (QED) is 0.546. The third kappa shape index (κ3) is 3.15. The van der Waals surface area contributed by atoms with E-state index >= 15 is 0 Å². The van der Waals surface area contributed by atoms with Gasteiger partial charge < -0.3 is 4.42 Å². The number of amides is 2. The summed E-state index contributed by atoms with van der Waals surface area (Å²) in [6.07, 6.45) is 6.41. The van der Waals surface area contributed by atoms with Crippen molar-refractivity contribution in [2.24, 2.45) is 0 Å². The Bertz CT molecular complexity index is 1110. The van der Waals surface area contributed by atoms with Crippen molar-refractivity contribution < 1.29 is 14.0 Å². The van der Waals surface area contributed by atoms with E-state index in [0.717, 1.165) is 5.39 Å². The van der Waals surface area contributed by atoms with Crippen LogP contribution in [0.1, 0.15) is 26.5 Å². The number of aromatic nitrogens is 3. The summed E-state index contributed by atoms with van der Waals surface area (Å²) in [6.45, 7) is 1.79. The number of para-hydroxylation sites is 1. The van der Waals surface area contributed by atoms with Gasteiger partial charge in [-0.1, -0.05) is 18.2 Å². The number of benzene rings is 1. The molecular weight excluding hydrogens is 346 g/mol. The zero-order valence-corrected chi connectivity index (χ0v) is 14.3. The molecule has 0 aliphatic carbocycles. The zero-order valence-electron chi connectivity index (χ0n) is 14.3. The van der Waals surface area contributed by atoms with Crippen LogP contribution in [0.2, 0.25) is 0 Å². The summed E-state index contributed by atoms with van der Waals surface area (Å²) < 4.78 is 7.29. The normalized spacial score (nSPS) is 10.7. The Kier molecular flexibility index (Phi) is 4.13. The predicted octanol–water partition coefficient (Wildman–Crippen LogP) is 2.40. The first kappa shape index (κ1) is 16.5. The maximum absolute atomic E-state index is 12.3. The molecule has 3 aromatic heterocycles. The highest BCUT2D eigenvalue weighted by Gasteiger charge is 2.18. The number of nitrogens with zero attached hydrogens (tertiary/aromatic N) is 3. The van der Waals surface area contributed by atoms with Gasteiger partial charge in [0.15, 0.2) is 5.76 Å². The smallest absolute Gasteiger partial charge is 0.305 e. The minimum Gasteiger partial charge on any atom is -0.451 e. The third-order valence-electron chi connectivity index (χ3n) is 4.12. The van der Waals surface area contributed by atoms with Crippen molar-refractivity contribution >= 4 is 22.8 Å². The van der Waals surface area contributed by atoms with Gasteiger partial charge in [-0.05, 0) is 25.1 Å².